The Balaban J connectivity index is 1.92. The molecule has 0 fully saturated rings. The highest BCUT2D eigenvalue weighted by Crippen LogP contribution is 2.15. The van der Waals surface area contributed by atoms with Crippen LogP contribution in [0.3, 0.4) is 0 Å². The van der Waals surface area contributed by atoms with Crippen molar-refractivity contribution in [2.45, 2.75) is 6.42 Å². The van der Waals surface area contributed by atoms with Crippen molar-refractivity contribution in [3.8, 4) is 5.75 Å². The van der Waals surface area contributed by atoms with Crippen molar-refractivity contribution < 1.29 is 14.3 Å². The quantitative estimate of drug-likeness (QED) is 0.886. The molecule has 2 rings (SSSR count). The number of amides is 1. The van der Waals surface area contributed by atoms with Crippen LogP contribution in [0.5, 0.6) is 5.75 Å². The van der Waals surface area contributed by atoms with Crippen LogP contribution in [0.25, 0.3) is 0 Å². The number of phenols is 1. The molecule has 0 spiro atoms. The second-order valence-electron chi connectivity index (χ2n) is 4.11. The van der Waals surface area contributed by atoms with Crippen molar-refractivity contribution in [3.63, 3.8) is 0 Å². The van der Waals surface area contributed by atoms with Crippen LogP contribution >= 0.6 is 0 Å². The lowest BCUT2D eigenvalue weighted by Gasteiger charge is -2.07. The van der Waals surface area contributed by atoms with Gasteiger partial charge in [-0.05, 0) is 30.2 Å². The summed E-state index contributed by atoms with van der Waals surface area (Å²) in [5.41, 5.74) is 0.774. The molecule has 0 aromatic heterocycles. The number of para-hydroxylation sites is 1. The van der Waals surface area contributed by atoms with Crippen molar-refractivity contribution in [1.82, 2.24) is 5.32 Å². The summed E-state index contributed by atoms with van der Waals surface area (Å²) in [6.45, 7) is 0.338. The Kier molecular flexibility index (Phi) is 4.13. The van der Waals surface area contributed by atoms with Gasteiger partial charge in [0.25, 0.3) is 5.91 Å². The Morgan fingerprint density at radius 2 is 1.79 bits per heavy atom. The van der Waals surface area contributed by atoms with E-state index in [1.165, 1.54) is 18.2 Å². The monoisotopic (exact) mass is 259 g/mol. The van der Waals surface area contributed by atoms with E-state index in [2.05, 4.69) is 5.32 Å². The molecule has 0 heterocycles. The number of benzene rings is 2. The van der Waals surface area contributed by atoms with Gasteiger partial charge in [-0.1, -0.05) is 30.3 Å². The minimum absolute atomic E-state index is 0.0276. The molecule has 0 atom stereocenters. The van der Waals surface area contributed by atoms with Crippen LogP contribution in [-0.2, 0) is 6.42 Å². The molecule has 1 amide bonds. The van der Waals surface area contributed by atoms with Gasteiger partial charge >= 0.3 is 0 Å². The van der Waals surface area contributed by atoms with Crippen molar-refractivity contribution in [2.24, 2.45) is 0 Å². The summed E-state index contributed by atoms with van der Waals surface area (Å²) in [6, 6.07) is 12.8. The van der Waals surface area contributed by atoms with Gasteiger partial charge < -0.3 is 10.4 Å². The fourth-order valence-corrected chi connectivity index (χ4v) is 1.77. The lowest BCUT2D eigenvalue weighted by molar-refractivity contribution is 0.0950. The summed E-state index contributed by atoms with van der Waals surface area (Å²) >= 11 is 0. The molecule has 2 aromatic rings. The van der Waals surface area contributed by atoms with Gasteiger partial charge in [0.2, 0.25) is 0 Å². The van der Waals surface area contributed by atoms with E-state index < -0.39 is 11.7 Å². The van der Waals surface area contributed by atoms with Crippen molar-refractivity contribution in [3.05, 3.63) is 65.5 Å². The standard InChI is InChI=1S/C15H14FNO2/c16-13-7-3-2-6-12(13)15(19)17-10-9-11-5-1-4-8-14(11)18/h1-8,18H,9-10H2,(H,17,19). The smallest absolute Gasteiger partial charge is 0.254 e. The van der Waals surface area contributed by atoms with Gasteiger partial charge in [0, 0.05) is 6.54 Å². The van der Waals surface area contributed by atoms with E-state index in [1.807, 2.05) is 6.07 Å². The number of hydrogen-bond donors (Lipinski definition) is 2. The van der Waals surface area contributed by atoms with E-state index in [9.17, 15) is 14.3 Å². The first-order valence-electron chi connectivity index (χ1n) is 5.98. The zero-order chi connectivity index (χ0) is 13.7. The summed E-state index contributed by atoms with van der Waals surface area (Å²) in [6.07, 6.45) is 0.493. The third kappa shape index (κ3) is 3.31. The molecule has 0 saturated heterocycles. The highest BCUT2D eigenvalue weighted by atomic mass is 19.1. The molecule has 0 saturated carbocycles. The third-order valence-electron chi connectivity index (χ3n) is 2.79. The lowest BCUT2D eigenvalue weighted by atomic mass is 10.1. The first-order chi connectivity index (χ1) is 9.18. The molecule has 3 nitrogen and oxygen atoms in total. The zero-order valence-electron chi connectivity index (χ0n) is 10.3. The molecular formula is C15H14FNO2. The Morgan fingerprint density at radius 1 is 1.11 bits per heavy atom. The molecule has 0 bridgehead atoms. The number of rotatable bonds is 4. The minimum atomic E-state index is -0.539. The van der Waals surface area contributed by atoms with Crippen LogP contribution in [0.2, 0.25) is 0 Å². The van der Waals surface area contributed by atoms with Gasteiger partial charge in [-0.2, -0.15) is 0 Å². The van der Waals surface area contributed by atoms with Gasteiger partial charge in [0.05, 0.1) is 5.56 Å². The highest BCUT2D eigenvalue weighted by Gasteiger charge is 2.10. The molecule has 0 radical (unpaired) electrons. The van der Waals surface area contributed by atoms with Crippen LogP contribution in [0, 0.1) is 5.82 Å². The predicted octanol–water partition coefficient (Wildman–Crippen LogP) is 2.50. The molecule has 4 heteroatoms. The van der Waals surface area contributed by atoms with Gasteiger partial charge in [-0.25, -0.2) is 4.39 Å². The van der Waals surface area contributed by atoms with Crippen LogP contribution in [-0.4, -0.2) is 17.6 Å². The first-order valence-corrected chi connectivity index (χ1v) is 5.98. The van der Waals surface area contributed by atoms with Crippen molar-refractivity contribution in [1.29, 1.82) is 0 Å². The van der Waals surface area contributed by atoms with Gasteiger partial charge in [-0.15, -0.1) is 0 Å². The molecule has 0 unspecified atom stereocenters. The summed E-state index contributed by atoms with van der Waals surface area (Å²) in [5.74, 6) is -0.793. The van der Waals surface area contributed by atoms with E-state index in [-0.39, 0.29) is 11.3 Å². The van der Waals surface area contributed by atoms with Gasteiger partial charge in [0.1, 0.15) is 11.6 Å². The van der Waals surface area contributed by atoms with Crippen LogP contribution in [0.1, 0.15) is 15.9 Å². The normalized spacial score (nSPS) is 10.2. The van der Waals surface area contributed by atoms with Crippen molar-refractivity contribution >= 4 is 5.91 Å². The zero-order valence-corrected chi connectivity index (χ0v) is 10.3. The predicted molar refractivity (Wildman–Crippen MR) is 70.5 cm³/mol. The third-order valence-corrected chi connectivity index (χ3v) is 2.79. The summed E-state index contributed by atoms with van der Waals surface area (Å²) in [4.78, 5) is 11.7. The fourth-order valence-electron chi connectivity index (χ4n) is 1.77. The highest BCUT2D eigenvalue weighted by molar-refractivity contribution is 5.94. The lowest BCUT2D eigenvalue weighted by Crippen LogP contribution is -2.26. The number of aromatic hydroxyl groups is 1. The Morgan fingerprint density at radius 3 is 2.53 bits per heavy atom. The molecule has 0 aliphatic carbocycles. The molecular weight excluding hydrogens is 245 g/mol. The number of phenolic OH excluding ortho intramolecular Hbond substituents is 1. The average molecular weight is 259 g/mol. The van der Waals surface area contributed by atoms with Crippen LogP contribution in [0.15, 0.2) is 48.5 Å². The molecule has 19 heavy (non-hydrogen) atoms. The van der Waals surface area contributed by atoms with E-state index >= 15 is 0 Å². The SMILES string of the molecule is O=C(NCCc1ccccc1O)c1ccccc1F. The molecule has 2 aromatic carbocycles. The maximum Gasteiger partial charge on any atom is 0.254 e. The largest absolute Gasteiger partial charge is 0.508 e. The van der Waals surface area contributed by atoms with E-state index in [0.717, 1.165) is 5.56 Å². The molecule has 0 aliphatic rings. The summed E-state index contributed by atoms with van der Waals surface area (Å²) < 4.78 is 13.4. The average Bonchev–Trinajstić information content (AvgIpc) is 2.41. The Labute approximate surface area is 110 Å². The number of hydrogen-bond acceptors (Lipinski definition) is 2. The second-order valence-corrected chi connectivity index (χ2v) is 4.11. The summed E-state index contributed by atoms with van der Waals surface area (Å²) in [7, 11) is 0. The number of halogens is 1. The van der Waals surface area contributed by atoms with Gasteiger partial charge in [0.15, 0.2) is 0 Å². The Bertz CT molecular complexity index is 584. The van der Waals surface area contributed by atoms with Gasteiger partial charge in [-0.3, -0.25) is 4.79 Å². The molecule has 0 aliphatic heterocycles. The second kappa shape index (κ2) is 6.00. The minimum Gasteiger partial charge on any atom is -0.508 e. The number of nitrogens with one attached hydrogen (secondary N) is 1. The number of carbonyl (C=O) groups is 1. The number of carbonyl (C=O) groups excluding carboxylic acids is 1. The Hall–Kier alpha value is -2.36. The first kappa shape index (κ1) is 13.1. The van der Waals surface area contributed by atoms with Crippen LogP contribution < -0.4 is 5.32 Å². The molecule has 98 valence electrons. The topological polar surface area (TPSA) is 49.3 Å². The maximum atomic E-state index is 13.4. The molecule has 2 N–H and O–H groups in total. The van der Waals surface area contributed by atoms with Crippen molar-refractivity contribution in [2.75, 3.05) is 6.54 Å². The summed E-state index contributed by atoms with van der Waals surface area (Å²) in [5, 5.41) is 12.2. The van der Waals surface area contributed by atoms with E-state index in [0.29, 0.717) is 13.0 Å². The fraction of sp³-hybridized carbons (Fsp3) is 0.133. The maximum absolute atomic E-state index is 13.4. The van der Waals surface area contributed by atoms with E-state index in [1.54, 1.807) is 24.3 Å². The van der Waals surface area contributed by atoms with E-state index in [4.69, 9.17) is 0 Å². The van der Waals surface area contributed by atoms with Crippen LogP contribution in [0.4, 0.5) is 4.39 Å².